The molecule has 0 heteroatoms. The van der Waals surface area contributed by atoms with Gasteiger partial charge in [-0.1, -0.05) is 39.5 Å². The Balaban J connectivity index is 2.12. The summed E-state index contributed by atoms with van der Waals surface area (Å²) in [4.78, 5) is 0. The number of rotatable bonds is 0. The van der Waals surface area contributed by atoms with Crippen LogP contribution in [0.3, 0.4) is 0 Å². The predicted octanol–water partition coefficient (Wildman–Crippen LogP) is 4.00. The zero-order valence-electron chi connectivity index (χ0n) is 8.60. The lowest BCUT2D eigenvalue weighted by molar-refractivity contribution is 0.0234. The average molecular weight is 166 g/mol. The average Bonchev–Trinajstić information content (AvgIpc) is 2.04. The minimum absolute atomic E-state index is 0.746. The van der Waals surface area contributed by atoms with E-state index in [1.54, 1.807) is 0 Å². The highest BCUT2D eigenvalue weighted by molar-refractivity contribution is 4.91. The van der Waals surface area contributed by atoms with Gasteiger partial charge in [-0.25, -0.2) is 0 Å². The molecular weight excluding hydrogens is 144 g/mol. The maximum Gasteiger partial charge on any atom is -0.0295 e. The summed E-state index contributed by atoms with van der Waals surface area (Å²) >= 11 is 0. The standard InChI is InChI=1S/C12H22/c1-10-6-5-9-12(2)8-4-3-7-11(10)12/h10-11H,3-9H2,1-2H3. The van der Waals surface area contributed by atoms with Crippen LogP contribution in [0.4, 0.5) is 0 Å². The summed E-state index contributed by atoms with van der Waals surface area (Å²) in [6, 6.07) is 0. The fourth-order valence-corrected chi connectivity index (χ4v) is 3.74. The van der Waals surface area contributed by atoms with Gasteiger partial charge in [0.2, 0.25) is 0 Å². The molecule has 0 aromatic carbocycles. The molecule has 2 aliphatic carbocycles. The zero-order chi connectivity index (χ0) is 8.60. The highest BCUT2D eigenvalue weighted by Gasteiger charge is 2.41. The summed E-state index contributed by atoms with van der Waals surface area (Å²) in [6.07, 6.45) is 10.6. The quantitative estimate of drug-likeness (QED) is 0.510. The van der Waals surface area contributed by atoms with E-state index in [4.69, 9.17) is 0 Å². The maximum atomic E-state index is 2.55. The van der Waals surface area contributed by atoms with E-state index >= 15 is 0 Å². The van der Waals surface area contributed by atoms with Crippen LogP contribution in [0.5, 0.6) is 0 Å². The van der Waals surface area contributed by atoms with E-state index in [1.807, 2.05) is 0 Å². The van der Waals surface area contributed by atoms with Gasteiger partial charge in [0.25, 0.3) is 0 Å². The minimum Gasteiger partial charge on any atom is -0.0622 e. The van der Waals surface area contributed by atoms with Gasteiger partial charge < -0.3 is 0 Å². The summed E-state index contributed by atoms with van der Waals surface area (Å²) in [5.74, 6) is 2.09. The van der Waals surface area contributed by atoms with E-state index in [2.05, 4.69) is 13.8 Å². The second-order valence-corrected chi connectivity index (χ2v) is 5.38. The molecule has 2 aliphatic rings. The van der Waals surface area contributed by atoms with Crippen molar-refractivity contribution in [1.82, 2.24) is 0 Å². The van der Waals surface area contributed by atoms with Gasteiger partial charge in [0.1, 0.15) is 0 Å². The minimum atomic E-state index is 0.746. The van der Waals surface area contributed by atoms with Crippen LogP contribution in [-0.4, -0.2) is 0 Å². The molecule has 0 spiro atoms. The monoisotopic (exact) mass is 166 g/mol. The van der Waals surface area contributed by atoms with E-state index in [0.717, 1.165) is 17.3 Å². The number of fused-ring (bicyclic) bond motifs is 1. The van der Waals surface area contributed by atoms with Crippen LogP contribution in [-0.2, 0) is 0 Å². The normalized spacial score (nSPS) is 48.5. The van der Waals surface area contributed by atoms with Crippen LogP contribution in [0.15, 0.2) is 0 Å². The van der Waals surface area contributed by atoms with Crippen molar-refractivity contribution in [2.45, 2.75) is 58.8 Å². The van der Waals surface area contributed by atoms with Crippen molar-refractivity contribution in [1.29, 1.82) is 0 Å². The molecule has 0 saturated heterocycles. The molecule has 12 heavy (non-hydrogen) atoms. The largest absolute Gasteiger partial charge is 0.0622 e. The first kappa shape index (κ1) is 8.59. The third-order valence-corrected chi connectivity index (χ3v) is 4.50. The fourth-order valence-electron chi connectivity index (χ4n) is 3.74. The van der Waals surface area contributed by atoms with Crippen LogP contribution in [0, 0.1) is 17.3 Å². The van der Waals surface area contributed by atoms with E-state index in [1.165, 1.54) is 44.9 Å². The third kappa shape index (κ3) is 1.30. The molecule has 70 valence electrons. The molecule has 0 nitrogen and oxygen atoms in total. The Hall–Kier alpha value is 0. The van der Waals surface area contributed by atoms with Crippen molar-refractivity contribution in [3.63, 3.8) is 0 Å². The maximum absolute atomic E-state index is 2.55. The van der Waals surface area contributed by atoms with Gasteiger partial charge in [-0.15, -0.1) is 0 Å². The Morgan fingerprint density at radius 1 is 1.00 bits per heavy atom. The Bertz CT molecular complexity index is 157. The second-order valence-electron chi connectivity index (χ2n) is 5.38. The van der Waals surface area contributed by atoms with Gasteiger partial charge in [0.05, 0.1) is 0 Å². The van der Waals surface area contributed by atoms with Gasteiger partial charge in [0, 0.05) is 0 Å². The van der Waals surface area contributed by atoms with Crippen molar-refractivity contribution >= 4 is 0 Å². The lowest BCUT2D eigenvalue weighted by Crippen LogP contribution is -2.38. The van der Waals surface area contributed by atoms with E-state index in [-0.39, 0.29) is 0 Å². The van der Waals surface area contributed by atoms with Crippen LogP contribution < -0.4 is 0 Å². The van der Waals surface area contributed by atoms with Gasteiger partial charge in [-0.3, -0.25) is 0 Å². The highest BCUT2D eigenvalue weighted by Crippen LogP contribution is 2.52. The van der Waals surface area contributed by atoms with Crippen LogP contribution in [0.25, 0.3) is 0 Å². The van der Waals surface area contributed by atoms with Crippen molar-refractivity contribution in [2.24, 2.45) is 17.3 Å². The van der Waals surface area contributed by atoms with Crippen molar-refractivity contribution in [2.75, 3.05) is 0 Å². The van der Waals surface area contributed by atoms with Crippen molar-refractivity contribution in [3.05, 3.63) is 0 Å². The summed E-state index contributed by atoms with van der Waals surface area (Å²) < 4.78 is 0. The Labute approximate surface area is 76.7 Å². The molecule has 0 aliphatic heterocycles. The highest BCUT2D eigenvalue weighted by atomic mass is 14.5. The summed E-state index contributed by atoms with van der Waals surface area (Å²) in [6.45, 7) is 5.03. The summed E-state index contributed by atoms with van der Waals surface area (Å²) in [5, 5.41) is 0. The van der Waals surface area contributed by atoms with Gasteiger partial charge in [-0.2, -0.15) is 0 Å². The van der Waals surface area contributed by atoms with Crippen LogP contribution in [0.1, 0.15) is 58.8 Å². The number of hydrogen-bond donors (Lipinski definition) is 0. The third-order valence-electron chi connectivity index (χ3n) is 4.50. The first-order valence-corrected chi connectivity index (χ1v) is 5.72. The molecule has 0 aromatic heterocycles. The molecular formula is C12H22. The lowest BCUT2D eigenvalue weighted by atomic mass is 9.57. The molecule has 0 aromatic rings. The number of hydrogen-bond acceptors (Lipinski definition) is 0. The molecule has 0 radical (unpaired) electrons. The molecule has 0 bridgehead atoms. The Morgan fingerprint density at radius 2 is 1.75 bits per heavy atom. The van der Waals surface area contributed by atoms with E-state index in [9.17, 15) is 0 Å². The lowest BCUT2D eigenvalue weighted by Gasteiger charge is -2.48. The molecule has 3 unspecified atom stereocenters. The second kappa shape index (κ2) is 3.05. The van der Waals surface area contributed by atoms with E-state index < -0.39 is 0 Å². The van der Waals surface area contributed by atoms with Crippen molar-refractivity contribution < 1.29 is 0 Å². The first-order chi connectivity index (χ1) is 5.72. The molecule has 0 heterocycles. The van der Waals surface area contributed by atoms with Gasteiger partial charge >= 0.3 is 0 Å². The molecule has 2 fully saturated rings. The zero-order valence-corrected chi connectivity index (χ0v) is 8.60. The molecule has 2 rings (SSSR count). The van der Waals surface area contributed by atoms with Crippen LogP contribution >= 0.6 is 0 Å². The molecule has 0 N–H and O–H groups in total. The Kier molecular flexibility index (Phi) is 2.18. The Morgan fingerprint density at radius 3 is 2.50 bits per heavy atom. The molecule has 3 atom stereocenters. The van der Waals surface area contributed by atoms with Crippen LogP contribution in [0.2, 0.25) is 0 Å². The SMILES string of the molecule is CC1CCCC2(C)CCCCC12. The smallest absolute Gasteiger partial charge is 0.0295 e. The molecule has 2 saturated carbocycles. The van der Waals surface area contributed by atoms with E-state index in [0.29, 0.717) is 0 Å². The topological polar surface area (TPSA) is 0 Å². The van der Waals surface area contributed by atoms with Gasteiger partial charge in [0.15, 0.2) is 0 Å². The predicted molar refractivity (Wildman–Crippen MR) is 53.1 cm³/mol. The first-order valence-electron chi connectivity index (χ1n) is 5.72. The summed E-state index contributed by atoms with van der Waals surface area (Å²) in [5.41, 5.74) is 0.746. The van der Waals surface area contributed by atoms with Crippen molar-refractivity contribution in [3.8, 4) is 0 Å². The fraction of sp³-hybridized carbons (Fsp3) is 1.00. The molecule has 0 amide bonds. The summed E-state index contributed by atoms with van der Waals surface area (Å²) in [7, 11) is 0. The van der Waals surface area contributed by atoms with Gasteiger partial charge in [-0.05, 0) is 36.5 Å².